The van der Waals surface area contributed by atoms with Crippen LogP contribution >= 0.6 is 15.6 Å². The predicted molar refractivity (Wildman–Crippen MR) is 418 cm³/mol. The Bertz CT molecular complexity index is 2410. The van der Waals surface area contributed by atoms with Crippen LogP contribution in [-0.2, 0) is 65.4 Å². The van der Waals surface area contributed by atoms with Crippen LogP contribution in [0.1, 0.15) is 323 Å². The highest BCUT2D eigenvalue weighted by molar-refractivity contribution is 7.47. The summed E-state index contributed by atoms with van der Waals surface area (Å²) in [6, 6.07) is 0. The molecule has 0 radical (unpaired) electrons. The average molecular weight is 1470 g/mol. The summed E-state index contributed by atoms with van der Waals surface area (Å²) < 4.78 is 68.5. The Morgan fingerprint density at radius 1 is 0.284 bits per heavy atom. The summed E-state index contributed by atoms with van der Waals surface area (Å²) >= 11 is 0. The van der Waals surface area contributed by atoms with Gasteiger partial charge in [-0.15, -0.1) is 0 Å². The summed E-state index contributed by atoms with van der Waals surface area (Å²) in [4.78, 5) is 72.9. The summed E-state index contributed by atoms with van der Waals surface area (Å²) in [6.45, 7) is 4.61. The summed E-state index contributed by atoms with van der Waals surface area (Å²) in [7, 11) is -9.98. The van der Waals surface area contributed by atoms with Crippen molar-refractivity contribution in [3.63, 3.8) is 0 Å². The van der Waals surface area contributed by atoms with E-state index < -0.39 is 97.5 Å². The van der Waals surface area contributed by atoms with Crippen LogP contribution in [0, 0.1) is 0 Å². The van der Waals surface area contributed by atoms with Gasteiger partial charge in [0.25, 0.3) is 0 Å². The van der Waals surface area contributed by atoms with Crippen molar-refractivity contribution in [1.29, 1.82) is 0 Å². The van der Waals surface area contributed by atoms with Gasteiger partial charge >= 0.3 is 39.5 Å². The Balaban J connectivity index is 5.43. The number of esters is 4. The van der Waals surface area contributed by atoms with Crippen molar-refractivity contribution < 1.29 is 80.2 Å². The number of hydrogen-bond acceptors (Lipinski definition) is 15. The molecular formula is C83H142O17P2. The number of hydrogen-bond donors (Lipinski definition) is 3. The van der Waals surface area contributed by atoms with Gasteiger partial charge in [0.05, 0.1) is 26.4 Å². The lowest BCUT2D eigenvalue weighted by Gasteiger charge is -2.21. The second kappa shape index (κ2) is 74.7. The summed E-state index contributed by atoms with van der Waals surface area (Å²) in [6.07, 6.45) is 81.9. The Kier molecular flexibility index (Phi) is 71.4. The molecule has 0 saturated heterocycles. The Morgan fingerprint density at radius 3 is 0.882 bits per heavy atom. The van der Waals surface area contributed by atoms with Gasteiger partial charge in [-0.05, 0) is 148 Å². The smallest absolute Gasteiger partial charge is 0.462 e. The van der Waals surface area contributed by atoms with Crippen molar-refractivity contribution in [3.05, 3.63) is 122 Å². The predicted octanol–water partition coefficient (Wildman–Crippen LogP) is 23.1. The lowest BCUT2D eigenvalue weighted by atomic mass is 10.1. The first-order valence-electron chi connectivity index (χ1n) is 39.8. The van der Waals surface area contributed by atoms with Gasteiger partial charge in [0.1, 0.15) is 19.3 Å². The Hall–Kier alpha value is -4.54. The number of unbranched alkanes of at least 4 members (excludes halogenated alkanes) is 28. The second-order valence-electron chi connectivity index (χ2n) is 26.3. The molecule has 0 fully saturated rings. The molecule has 0 aliphatic heterocycles. The average Bonchev–Trinajstić information content (AvgIpc) is 0.908. The van der Waals surface area contributed by atoms with Crippen molar-refractivity contribution in [3.8, 4) is 0 Å². The van der Waals surface area contributed by atoms with Crippen LogP contribution in [0.5, 0.6) is 0 Å². The maximum Gasteiger partial charge on any atom is 0.472 e. The van der Waals surface area contributed by atoms with E-state index in [4.69, 9.17) is 37.0 Å². The number of carbonyl (C=O) groups excluding carboxylic acids is 4. The van der Waals surface area contributed by atoms with Gasteiger partial charge in [0.2, 0.25) is 0 Å². The molecule has 3 N–H and O–H groups in total. The molecule has 0 rings (SSSR count). The normalized spacial score (nSPS) is 14.5. The standard InChI is InChI=1S/C83H142O17P2/c1-5-9-13-17-21-25-29-33-36-37-38-39-42-45-48-52-56-60-64-68-81(86)94-73-78(99-82(87)69-65-61-57-53-49-43-32-28-24-20-16-12-8-4)75-97-101(89,90)95-71-77(84)72-96-102(91,92)98-76-79(100-83(88)70-66-62-58-54-50-46-41-35-31-27-23-19-15-11-7-3)74-93-80(85)67-63-59-55-51-47-44-40-34-30-26-22-18-14-10-6-2/h9,13,21-22,25-26,28,32-36,38-41,45,48,56,60,77-79,84H,5-8,10-12,14-20,23-24,27,29-31,37,42-44,46-47,49-55,57-59,61-76H2,1-4H3,(H,89,90)(H,91,92)/b13-9-,25-21-,26-22-,32-28-,36-33-,39-38-,40-34-,41-35-,48-45-,60-56-. The van der Waals surface area contributed by atoms with Crippen molar-refractivity contribution in [1.82, 2.24) is 0 Å². The topological polar surface area (TPSA) is 237 Å². The zero-order valence-electron chi connectivity index (χ0n) is 64.0. The number of carbonyl (C=O) groups is 4. The summed E-state index contributed by atoms with van der Waals surface area (Å²) in [5.41, 5.74) is 0. The van der Waals surface area contributed by atoms with E-state index in [0.29, 0.717) is 32.1 Å². The number of aliphatic hydroxyl groups excluding tert-OH is 1. The van der Waals surface area contributed by atoms with Gasteiger partial charge in [-0.1, -0.05) is 271 Å². The zero-order valence-corrected chi connectivity index (χ0v) is 65.8. The van der Waals surface area contributed by atoms with E-state index in [9.17, 15) is 43.2 Å². The van der Waals surface area contributed by atoms with Crippen LogP contribution in [0.4, 0.5) is 0 Å². The lowest BCUT2D eigenvalue weighted by Crippen LogP contribution is -2.30. The minimum absolute atomic E-state index is 0.0327. The van der Waals surface area contributed by atoms with Crippen molar-refractivity contribution in [2.75, 3.05) is 39.6 Å². The number of phosphoric ester groups is 2. The van der Waals surface area contributed by atoms with E-state index >= 15 is 0 Å². The molecule has 102 heavy (non-hydrogen) atoms. The number of rotatable bonds is 74. The number of phosphoric acid groups is 2. The van der Waals surface area contributed by atoms with E-state index in [1.165, 1.54) is 83.5 Å². The SMILES string of the molecule is CC/C=C\C/C=C\C/C=C\C/C=C\C/C=C\C/C=C\CCC(=O)OCC(COP(=O)(O)OCC(O)COP(=O)(O)OCC(COC(=O)CCCCCCC/C=C\C/C=C\CCCCC)OC(=O)CCCCCCC/C=C\CCCCCCCC)OC(=O)CCCCCCC/C=C\CCCCCC. The maximum atomic E-state index is 13.1. The lowest BCUT2D eigenvalue weighted by molar-refractivity contribution is -0.161. The largest absolute Gasteiger partial charge is 0.472 e. The highest BCUT2D eigenvalue weighted by Gasteiger charge is 2.30. The number of allylic oxidation sites excluding steroid dienone is 20. The first-order chi connectivity index (χ1) is 49.7. The van der Waals surface area contributed by atoms with Gasteiger partial charge in [0, 0.05) is 25.7 Å². The van der Waals surface area contributed by atoms with Gasteiger partial charge < -0.3 is 33.8 Å². The number of aliphatic hydroxyl groups is 1. The van der Waals surface area contributed by atoms with Crippen LogP contribution in [0.3, 0.4) is 0 Å². The minimum atomic E-state index is -5.00. The van der Waals surface area contributed by atoms with Crippen molar-refractivity contribution in [2.45, 2.75) is 341 Å². The van der Waals surface area contributed by atoms with Gasteiger partial charge in [0.15, 0.2) is 12.2 Å². The van der Waals surface area contributed by atoms with Crippen LogP contribution < -0.4 is 0 Å². The fourth-order valence-electron chi connectivity index (χ4n) is 10.3. The fourth-order valence-corrected chi connectivity index (χ4v) is 11.9. The first kappa shape index (κ1) is 97.5. The number of ether oxygens (including phenoxy) is 4. The molecule has 0 bridgehead atoms. The van der Waals surface area contributed by atoms with E-state index in [0.717, 1.165) is 154 Å². The first-order valence-corrected chi connectivity index (χ1v) is 42.8. The Morgan fingerprint density at radius 2 is 0.529 bits per heavy atom. The molecule has 0 heterocycles. The molecule has 0 aliphatic carbocycles. The quantitative estimate of drug-likeness (QED) is 0.0169. The summed E-state index contributed by atoms with van der Waals surface area (Å²) in [5.74, 6) is -2.30. The van der Waals surface area contributed by atoms with Crippen LogP contribution in [0.2, 0.25) is 0 Å². The highest BCUT2D eigenvalue weighted by Crippen LogP contribution is 2.45. The molecule has 0 saturated carbocycles. The third kappa shape index (κ3) is 73.8. The molecule has 0 aliphatic rings. The van der Waals surface area contributed by atoms with Crippen LogP contribution in [0.25, 0.3) is 0 Å². The zero-order chi connectivity index (χ0) is 74.6. The monoisotopic (exact) mass is 1470 g/mol. The third-order valence-corrected chi connectivity index (χ3v) is 18.3. The molecule has 0 spiro atoms. The minimum Gasteiger partial charge on any atom is -0.462 e. The molecule has 5 atom stereocenters. The summed E-state index contributed by atoms with van der Waals surface area (Å²) in [5, 5.41) is 10.6. The van der Waals surface area contributed by atoms with Crippen LogP contribution in [-0.4, -0.2) is 96.7 Å². The molecule has 0 amide bonds. The van der Waals surface area contributed by atoms with Gasteiger partial charge in [-0.2, -0.15) is 0 Å². The van der Waals surface area contributed by atoms with Crippen molar-refractivity contribution in [2.24, 2.45) is 0 Å². The second-order valence-corrected chi connectivity index (χ2v) is 29.2. The molecule has 17 nitrogen and oxygen atoms in total. The van der Waals surface area contributed by atoms with E-state index in [1.54, 1.807) is 0 Å². The molecule has 0 aromatic heterocycles. The maximum absolute atomic E-state index is 13.1. The van der Waals surface area contributed by atoms with Gasteiger partial charge in [-0.25, -0.2) is 9.13 Å². The van der Waals surface area contributed by atoms with Gasteiger partial charge in [-0.3, -0.25) is 37.3 Å². The molecule has 586 valence electrons. The molecule has 0 aromatic carbocycles. The van der Waals surface area contributed by atoms with E-state index in [-0.39, 0.29) is 25.7 Å². The fraction of sp³-hybridized carbons (Fsp3) is 0.711. The van der Waals surface area contributed by atoms with E-state index in [1.807, 2.05) is 18.2 Å². The Labute approximate surface area is 619 Å². The molecular weight excluding hydrogens is 1330 g/mol. The van der Waals surface area contributed by atoms with E-state index in [2.05, 4.69) is 131 Å². The molecule has 19 heteroatoms. The van der Waals surface area contributed by atoms with Crippen LogP contribution in [0.15, 0.2) is 122 Å². The molecule has 5 unspecified atom stereocenters. The van der Waals surface area contributed by atoms with Crippen molar-refractivity contribution >= 4 is 39.5 Å². The third-order valence-electron chi connectivity index (χ3n) is 16.4. The highest BCUT2D eigenvalue weighted by atomic mass is 31.2. The molecule has 0 aromatic rings.